The third-order valence-corrected chi connectivity index (χ3v) is 2.35. The van der Waals surface area contributed by atoms with Crippen LogP contribution in [0.2, 0.25) is 0 Å². The Labute approximate surface area is 89.7 Å². The van der Waals surface area contributed by atoms with Crippen molar-refractivity contribution < 1.29 is 18.7 Å². The number of H-pyrrole nitrogens is 1. The molecule has 0 atom stereocenters. The van der Waals surface area contributed by atoms with Crippen LogP contribution in [0.3, 0.4) is 0 Å². The van der Waals surface area contributed by atoms with Gasteiger partial charge in [-0.1, -0.05) is 12.1 Å². The van der Waals surface area contributed by atoms with Gasteiger partial charge in [-0.2, -0.15) is 0 Å². The second kappa shape index (κ2) is 3.59. The van der Waals surface area contributed by atoms with Crippen molar-refractivity contribution >= 4 is 16.9 Å². The molecule has 1 aromatic carbocycles. The van der Waals surface area contributed by atoms with Gasteiger partial charge in [-0.15, -0.1) is 0 Å². The number of halogens is 2. The predicted molar refractivity (Wildman–Crippen MR) is 54.4 cm³/mol. The Bertz CT molecular complexity index is 534. The van der Waals surface area contributed by atoms with Crippen molar-refractivity contribution in [2.75, 3.05) is 0 Å². The molecule has 0 unspecified atom stereocenters. The van der Waals surface area contributed by atoms with Crippen LogP contribution in [0.15, 0.2) is 30.5 Å². The fourth-order valence-electron chi connectivity index (χ4n) is 1.57. The Morgan fingerprint density at radius 3 is 2.81 bits per heavy atom. The van der Waals surface area contributed by atoms with Gasteiger partial charge in [0.1, 0.15) is 6.42 Å². The van der Waals surface area contributed by atoms with Crippen LogP contribution in [-0.4, -0.2) is 16.1 Å². The molecule has 1 heterocycles. The van der Waals surface area contributed by atoms with Crippen LogP contribution in [-0.2, 0) is 10.7 Å². The van der Waals surface area contributed by atoms with Crippen molar-refractivity contribution in [2.24, 2.45) is 0 Å². The topological polar surface area (TPSA) is 53.1 Å². The largest absolute Gasteiger partial charge is 0.481 e. The zero-order chi connectivity index (χ0) is 11.8. The fourth-order valence-corrected chi connectivity index (χ4v) is 1.57. The smallest absolute Gasteiger partial charge is 0.309 e. The molecule has 1 aromatic heterocycles. The molecular weight excluding hydrogens is 216 g/mol. The number of benzene rings is 1. The molecule has 0 amide bonds. The molecule has 16 heavy (non-hydrogen) atoms. The van der Waals surface area contributed by atoms with Crippen LogP contribution in [0, 0.1) is 0 Å². The molecule has 0 saturated heterocycles. The van der Waals surface area contributed by atoms with Crippen LogP contribution in [0.25, 0.3) is 10.9 Å². The summed E-state index contributed by atoms with van der Waals surface area (Å²) in [5.41, 5.74) is 0.285. The Kier molecular flexibility index (Phi) is 2.38. The summed E-state index contributed by atoms with van der Waals surface area (Å²) in [6.07, 6.45) is 0.447. The molecule has 2 N–H and O–H groups in total. The van der Waals surface area contributed by atoms with Gasteiger partial charge in [0.25, 0.3) is 5.92 Å². The van der Waals surface area contributed by atoms with E-state index in [9.17, 15) is 13.6 Å². The zero-order valence-corrected chi connectivity index (χ0v) is 8.21. The first kappa shape index (κ1) is 10.6. The molecular formula is C11H9F2NO2. The lowest BCUT2D eigenvalue weighted by molar-refractivity contribution is -0.145. The molecule has 2 aromatic rings. The van der Waals surface area contributed by atoms with E-state index in [1.165, 1.54) is 18.2 Å². The molecule has 3 nitrogen and oxygen atoms in total. The number of aliphatic carboxylic acids is 1. The third-order valence-electron chi connectivity index (χ3n) is 2.35. The van der Waals surface area contributed by atoms with E-state index in [0.717, 1.165) is 5.39 Å². The maximum atomic E-state index is 13.4. The maximum absolute atomic E-state index is 13.4. The summed E-state index contributed by atoms with van der Waals surface area (Å²) in [6.45, 7) is 0. The Balaban J connectivity index is 2.41. The summed E-state index contributed by atoms with van der Waals surface area (Å²) in [5.74, 6) is -4.86. The Hall–Kier alpha value is -1.91. The summed E-state index contributed by atoms with van der Waals surface area (Å²) in [7, 11) is 0. The number of alkyl halides is 2. The first-order valence-electron chi connectivity index (χ1n) is 4.66. The number of fused-ring (bicyclic) bond motifs is 1. The fraction of sp³-hybridized carbons (Fsp3) is 0.182. The summed E-state index contributed by atoms with van der Waals surface area (Å²) >= 11 is 0. The molecule has 5 heteroatoms. The van der Waals surface area contributed by atoms with Gasteiger partial charge in [0.05, 0.1) is 0 Å². The summed E-state index contributed by atoms with van der Waals surface area (Å²) in [5, 5.41) is 9.21. The molecule has 2 rings (SSSR count). The number of hydrogen-bond acceptors (Lipinski definition) is 1. The minimum absolute atomic E-state index is 0.287. The van der Waals surface area contributed by atoms with Gasteiger partial charge in [0.15, 0.2) is 0 Å². The van der Waals surface area contributed by atoms with Crippen molar-refractivity contribution in [3.8, 4) is 0 Å². The summed E-state index contributed by atoms with van der Waals surface area (Å²) in [6, 6.07) is 5.82. The predicted octanol–water partition coefficient (Wildman–Crippen LogP) is 2.73. The number of aromatic amines is 1. The quantitative estimate of drug-likeness (QED) is 0.843. The molecule has 84 valence electrons. The van der Waals surface area contributed by atoms with Gasteiger partial charge in [0, 0.05) is 17.3 Å². The molecule has 0 saturated carbocycles. The molecule has 0 aliphatic carbocycles. The second-order valence-electron chi connectivity index (χ2n) is 3.55. The number of aromatic nitrogens is 1. The minimum Gasteiger partial charge on any atom is -0.481 e. The molecule has 0 spiro atoms. The molecule has 0 radical (unpaired) electrons. The van der Waals surface area contributed by atoms with E-state index in [4.69, 9.17) is 5.11 Å². The van der Waals surface area contributed by atoms with Crippen molar-refractivity contribution in [1.29, 1.82) is 0 Å². The number of carboxylic acid groups (broad SMARTS) is 1. The van der Waals surface area contributed by atoms with Gasteiger partial charge in [0.2, 0.25) is 0 Å². The standard InChI is InChI=1S/C11H9F2NO2/c12-11(13,6-10(15)16)8-2-1-7-3-4-14-9(7)5-8/h1-5,14H,6H2,(H,15,16). The van der Waals surface area contributed by atoms with E-state index in [1.54, 1.807) is 12.3 Å². The van der Waals surface area contributed by atoms with E-state index in [2.05, 4.69) is 4.98 Å². The van der Waals surface area contributed by atoms with Gasteiger partial charge in [-0.05, 0) is 17.5 Å². The van der Waals surface area contributed by atoms with E-state index in [-0.39, 0.29) is 5.56 Å². The van der Waals surface area contributed by atoms with E-state index < -0.39 is 18.3 Å². The van der Waals surface area contributed by atoms with Crippen LogP contribution in [0.5, 0.6) is 0 Å². The highest BCUT2D eigenvalue weighted by molar-refractivity contribution is 5.80. The zero-order valence-electron chi connectivity index (χ0n) is 8.21. The van der Waals surface area contributed by atoms with Gasteiger partial charge >= 0.3 is 5.97 Å². The maximum Gasteiger partial charge on any atom is 0.309 e. The first-order chi connectivity index (χ1) is 7.49. The van der Waals surface area contributed by atoms with Gasteiger partial charge in [-0.25, -0.2) is 8.78 Å². The highest BCUT2D eigenvalue weighted by atomic mass is 19.3. The van der Waals surface area contributed by atoms with Crippen molar-refractivity contribution in [2.45, 2.75) is 12.3 Å². The van der Waals surface area contributed by atoms with Crippen molar-refractivity contribution in [1.82, 2.24) is 4.98 Å². The second-order valence-corrected chi connectivity index (χ2v) is 3.55. The number of carboxylic acids is 1. The van der Waals surface area contributed by atoms with Crippen molar-refractivity contribution in [3.63, 3.8) is 0 Å². The highest BCUT2D eigenvalue weighted by Gasteiger charge is 2.34. The van der Waals surface area contributed by atoms with Gasteiger partial charge in [-0.3, -0.25) is 4.79 Å². The average Bonchev–Trinajstić information content (AvgIpc) is 2.61. The van der Waals surface area contributed by atoms with E-state index in [1.807, 2.05) is 0 Å². The Morgan fingerprint density at radius 1 is 1.38 bits per heavy atom. The number of nitrogens with one attached hydrogen (secondary N) is 1. The Morgan fingerprint density at radius 2 is 2.12 bits per heavy atom. The SMILES string of the molecule is O=C(O)CC(F)(F)c1ccc2cc[nH]c2c1. The highest BCUT2D eigenvalue weighted by Crippen LogP contribution is 2.33. The number of carbonyl (C=O) groups is 1. The van der Waals surface area contributed by atoms with Gasteiger partial charge < -0.3 is 10.1 Å². The number of rotatable bonds is 3. The first-order valence-corrected chi connectivity index (χ1v) is 4.66. The molecule has 0 aliphatic heterocycles. The summed E-state index contributed by atoms with van der Waals surface area (Å²) < 4.78 is 26.9. The monoisotopic (exact) mass is 225 g/mol. The lowest BCUT2D eigenvalue weighted by atomic mass is 10.0. The molecule has 0 fully saturated rings. The van der Waals surface area contributed by atoms with Crippen LogP contribution in [0.4, 0.5) is 8.78 Å². The molecule has 0 bridgehead atoms. The average molecular weight is 225 g/mol. The lowest BCUT2D eigenvalue weighted by Crippen LogP contribution is -2.18. The van der Waals surface area contributed by atoms with E-state index >= 15 is 0 Å². The van der Waals surface area contributed by atoms with Crippen molar-refractivity contribution in [3.05, 3.63) is 36.0 Å². The minimum atomic E-state index is -3.34. The normalized spacial score (nSPS) is 11.9. The van der Waals surface area contributed by atoms with Crippen LogP contribution < -0.4 is 0 Å². The summed E-state index contributed by atoms with van der Waals surface area (Å²) in [4.78, 5) is 13.1. The third kappa shape index (κ3) is 1.88. The lowest BCUT2D eigenvalue weighted by Gasteiger charge is -2.14. The number of hydrogen-bond donors (Lipinski definition) is 2. The van der Waals surface area contributed by atoms with Crippen LogP contribution >= 0.6 is 0 Å². The van der Waals surface area contributed by atoms with E-state index in [0.29, 0.717) is 5.52 Å². The molecule has 0 aliphatic rings. The van der Waals surface area contributed by atoms with Crippen LogP contribution in [0.1, 0.15) is 12.0 Å².